The van der Waals surface area contributed by atoms with Crippen LogP contribution < -0.4 is 0 Å². The summed E-state index contributed by atoms with van der Waals surface area (Å²) in [6, 6.07) is 2.47. The van der Waals surface area contributed by atoms with Crippen molar-refractivity contribution >= 4 is 0 Å². The second kappa shape index (κ2) is 18.8. The first-order valence-corrected chi connectivity index (χ1v) is 0.697. The maximum Gasteiger partial charge on any atom is 0.181 e. The molecule has 0 atom stereocenters. The van der Waals surface area contributed by atoms with Crippen LogP contribution in [0.25, 0.3) is 0 Å². The van der Waals surface area contributed by atoms with Crippen molar-refractivity contribution in [3.63, 3.8) is 0 Å². The molecule has 0 aromatic carbocycles. The second-order valence-electron chi connectivity index (χ2n) is 0.224. The van der Waals surface area contributed by atoms with E-state index >= 15 is 0 Å². The quantitative estimate of drug-likeness (QED) is 0.593. The van der Waals surface area contributed by atoms with Crippen LogP contribution in [0.1, 0.15) is 0 Å². The number of rotatable bonds is 0. The third kappa shape index (κ3) is 29.2. The first-order valence-electron chi connectivity index (χ1n) is 0.697. The summed E-state index contributed by atoms with van der Waals surface area (Å²) in [5.74, 6) is 0. The predicted molar refractivity (Wildman–Crippen MR) is 11.2 cm³/mol. The van der Waals surface area contributed by atoms with Crippen LogP contribution in [0.2, 0.25) is 0 Å². The van der Waals surface area contributed by atoms with Gasteiger partial charge in [-0.1, -0.05) is 0 Å². The van der Waals surface area contributed by atoms with E-state index in [2.05, 4.69) is 0 Å². The van der Waals surface area contributed by atoms with Gasteiger partial charge in [-0.2, -0.15) is 10.5 Å². The Morgan fingerprint density at radius 2 is 1.17 bits per heavy atom. The van der Waals surface area contributed by atoms with Crippen LogP contribution in [0.5, 0.6) is 0 Å². The molecule has 0 N–H and O–H groups in total. The normalized spacial score (nSPS) is 1.67. The number of hydrogen-bond donors (Lipinski definition) is 0. The van der Waals surface area contributed by atoms with Gasteiger partial charge in [0, 0.05) is 39.2 Å². The monoisotopic (exact) mass is 308 g/mol. The van der Waals surface area contributed by atoms with Gasteiger partial charge in [0.2, 0.25) is 0 Å². The molecule has 0 aromatic rings. The van der Waals surface area contributed by atoms with E-state index in [0.717, 1.165) is 0 Å². The van der Waals surface area contributed by atoms with Crippen molar-refractivity contribution in [1.82, 2.24) is 0 Å². The molecule has 0 rings (SSSR count). The van der Waals surface area contributed by atoms with Crippen LogP contribution in [-0.2, 0) is 39.2 Å². The van der Waals surface area contributed by atoms with Gasteiger partial charge in [0.05, 0.1) is 0 Å². The van der Waals surface area contributed by atoms with Crippen molar-refractivity contribution in [2.75, 3.05) is 0 Å². The molecule has 0 aliphatic heterocycles. The minimum atomic E-state index is 0. The van der Waals surface area contributed by atoms with Crippen molar-refractivity contribution in [2.24, 2.45) is 0 Å². The van der Waals surface area contributed by atoms with Crippen molar-refractivity contribution in [2.45, 2.75) is 0 Å². The van der Waals surface area contributed by atoms with Crippen molar-refractivity contribution in [1.29, 1.82) is 10.5 Å². The second-order valence-corrected chi connectivity index (χ2v) is 0.224. The molecular weight excluding hydrogens is 308 g/mol. The van der Waals surface area contributed by atoms with Gasteiger partial charge in [-0.05, 0) is 0 Å². The Labute approximate surface area is 61.8 Å². The van der Waals surface area contributed by atoms with E-state index in [4.69, 9.17) is 10.5 Å². The third-order valence-electron chi connectivity index (χ3n) is 0.0500. The summed E-state index contributed by atoms with van der Waals surface area (Å²) in [6.07, 6.45) is 0. The zero-order chi connectivity index (χ0) is 3.41. The van der Waals surface area contributed by atoms with Gasteiger partial charge in [0.25, 0.3) is 0 Å². The standard InChI is InChI=1S/C2N2.Au.Co/c3-1-2-4;;. The molecule has 4 heteroatoms. The van der Waals surface area contributed by atoms with Gasteiger partial charge in [-0.25, -0.2) is 0 Å². The van der Waals surface area contributed by atoms with Crippen molar-refractivity contribution in [3.05, 3.63) is 0 Å². The fourth-order valence-electron chi connectivity index (χ4n) is 0. The Balaban J connectivity index is -0.0000000450. The summed E-state index contributed by atoms with van der Waals surface area (Å²) in [4.78, 5) is 0. The van der Waals surface area contributed by atoms with Crippen LogP contribution in [0.15, 0.2) is 0 Å². The molecule has 2 nitrogen and oxygen atoms in total. The van der Waals surface area contributed by atoms with E-state index in [9.17, 15) is 0 Å². The van der Waals surface area contributed by atoms with Crippen molar-refractivity contribution in [3.8, 4) is 12.1 Å². The van der Waals surface area contributed by atoms with E-state index < -0.39 is 0 Å². The van der Waals surface area contributed by atoms with E-state index in [-0.39, 0.29) is 39.2 Å². The van der Waals surface area contributed by atoms with Crippen LogP contribution in [0.3, 0.4) is 0 Å². The van der Waals surface area contributed by atoms with Gasteiger partial charge in [-0.15, -0.1) is 0 Å². The van der Waals surface area contributed by atoms with Gasteiger partial charge in [-0.3, -0.25) is 0 Å². The maximum absolute atomic E-state index is 7.26. The summed E-state index contributed by atoms with van der Waals surface area (Å²) < 4.78 is 0. The van der Waals surface area contributed by atoms with E-state index in [0.29, 0.717) is 0 Å². The van der Waals surface area contributed by atoms with Gasteiger partial charge >= 0.3 is 0 Å². The average molecular weight is 308 g/mol. The molecule has 2 radical (unpaired) electrons. The number of hydrogen-bond acceptors (Lipinski definition) is 2. The molecule has 0 saturated heterocycles. The summed E-state index contributed by atoms with van der Waals surface area (Å²) in [5, 5.41) is 14.5. The van der Waals surface area contributed by atoms with Crippen LogP contribution in [0, 0.1) is 22.7 Å². The molecule has 38 valence electrons. The molecule has 0 aliphatic rings. The largest absolute Gasteiger partial charge is 0.181 e. The average Bonchev–Trinajstić information content (AvgIpc) is 1.37. The minimum Gasteiger partial charge on any atom is -0.181 e. The van der Waals surface area contributed by atoms with Gasteiger partial charge in [0.15, 0.2) is 12.1 Å². The van der Waals surface area contributed by atoms with E-state index in [1.165, 1.54) is 12.1 Å². The van der Waals surface area contributed by atoms with Gasteiger partial charge in [0.1, 0.15) is 0 Å². The molecule has 0 fully saturated rings. The zero-order valence-corrected chi connectivity index (χ0v) is 5.74. The molecular formula is C2AuCoN2. The van der Waals surface area contributed by atoms with E-state index in [1.807, 2.05) is 0 Å². The molecule has 0 aromatic heterocycles. The Hall–Kier alpha value is 0.227. The SMILES string of the molecule is N#CC#N.[Au].[Co]. The Morgan fingerprint density at radius 3 is 1.17 bits per heavy atom. The Morgan fingerprint density at radius 1 is 1.00 bits per heavy atom. The number of nitrogens with zero attached hydrogens (tertiary/aromatic N) is 2. The Kier molecular flexibility index (Phi) is 51.3. The first-order chi connectivity index (χ1) is 1.91. The minimum absolute atomic E-state index is 0. The van der Waals surface area contributed by atoms with Crippen LogP contribution in [-0.4, -0.2) is 0 Å². The van der Waals surface area contributed by atoms with Gasteiger partial charge < -0.3 is 0 Å². The van der Waals surface area contributed by atoms with Crippen LogP contribution >= 0.6 is 0 Å². The summed E-state index contributed by atoms with van der Waals surface area (Å²) in [5.41, 5.74) is 0. The number of nitriles is 2. The first kappa shape index (κ1) is 16.3. The fourth-order valence-corrected chi connectivity index (χ4v) is 0. The van der Waals surface area contributed by atoms with Crippen molar-refractivity contribution < 1.29 is 39.2 Å². The molecule has 0 spiro atoms. The smallest absolute Gasteiger partial charge is 0.181 e. The molecule has 0 saturated carbocycles. The topological polar surface area (TPSA) is 47.6 Å². The van der Waals surface area contributed by atoms with Crippen LogP contribution in [0.4, 0.5) is 0 Å². The molecule has 0 heterocycles. The summed E-state index contributed by atoms with van der Waals surface area (Å²) >= 11 is 0. The fraction of sp³-hybridized carbons (Fsp3) is 0. The predicted octanol–water partition coefficient (Wildman–Crippen LogP) is 0.0286. The maximum atomic E-state index is 7.26. The molecule has 6 heavy (non-hydrogen) atoms. The molecule has 0 amide bonds. The molecule has 0 aliphatic carbocycles. The summed E-state index contributed by atoms with van der Waals surface area (Å²) in [7, 11) is 0. The Bertz CT molecular complexity index is 66.5. The molecule has 0 unspecified atom stereocenters. The molecule has 0 bridgehead atoms. The summed E-state index contributed by atoms with van der Waals surface area (Å²) in [6.45, 7) is 0. The van der Waals surface area contributed by atoms with E-state index in [1.54, 1.807) is 0 Å². The zero-order valence-electron chi connectivity index (χ0n) is 2.53. The third-order valence-corrected chi connectivity index (χ3v) is 0.0500.